The minimum absolute atomic E-state index is 0.0162. The lowest BCUT2D eigenvalue weighted by molar-refractivity contribution is -0.115. The maximum atomic E-state index is 11.4. The molecule has 1 aliphatic carbocycles. The molecular formula is C15H21N3O2. The fourth-order valence-electron chi connectivity index (χ4n) is 3.23. The van der Waals surface area contributed by atoms with E-state index in [0.717, 1.165) is 29.8 Å². The highest BCUT2D eigenvalue weighted by Crippen LogP contribution is 2.34. The third kappa shape index (κ3) is 2.45. The van der Waals surface area contributed by atoms with Crippen LogP contribution in [0, 0.1) is 5.92 Å². The quantitative estimate of drug-likeness (QED) is 0.633. The van der Waals surface area contributed by atoms with E-state index >= 15 is 0 Å². The number of nitrogens with two attached hydrogens (primary N) is 1. The van der Waals surface area contributed by atoms with E-state index in [-0.39, 0.29) is 24.5 Å². The molecule has 5 heteroatoms. The molecule has 0 radical (unpaired) electrons. The van der Waals surface area contributed by atoms with Gasteiger partial charge in [-0.2, -0.15) is 0 Å². The highest BCUT2D eigenvalue weighted by molar-refractivity contribution is 6.00. The van der Waals surface area contributed by atoms with Gasteiger partial charge in [0.2, 0.25) is 5.91 Å². The first-order valence-corrected chi connectivity index (χ1v) is 7.27. The molecule has 1 aliphatic heterocycles. The van der Waals surface area contributed by atoms with Crippen LogP contribution in [-0.2, 0) is 11.2 Å². The van der Waals surface area contributed by atoms with Crippen molar-refractivity contribution in [3.8, 4) is 0 Å². The summed E-state index contributed by atoms with van der Waals surface area (Å²) in [6, 6.07) is 4.04. The molecule has 2 atom stereocenters. The third-order valence-corrected chi connectivity index (χ3v) is 4.38. The molecule has 5 N–H and O–H groups in total. The summed E-state index contributed by atoms with van der Waals surface area (Å²) in [7, 11) is 0. The third-order valence-electron chi connectivity index (χ3n) is 4.38. The zero-order valence-corrected chi connectivity index (χ0v) is 11.5. The lowest BCUT2D eigenvalue weighted by atomic mass is 9.85. The Bertz CT molecular complexity index is 530. The Labute approximate surface area is 118 Å². The SMILES string of the molecule is Nc1cc2c(cc1NC1CCCCC1CO)NC(=O)C2. The van der Waals surface area contributed by atoms with Crippen molar-refractivity contribution in [2.24, 2.45) is 5.92 Å². The molecule has 0 spiro atoms. The number of fused-ring (bicyclic) bond motifs is 1. The van der Waals surface area contributed by atoms with Gasteiger partial charge in [-0.3, -0.25) is 4.79 Å². The number of hydrogen-bond acceptors (Lipinski definition) is 4. The van der Waals surface area contributed by atoms with Crippen LogP contribution in [0.15, 0.2) is 12.1 Å². The number of carbonyl (C=O) groups is 1. The molecule has 5 nitrogen and oxygen atoms in total. The van der Waals surface area contributed by atoms with Crippen molar-refractivity contribution in [1.29, 1.82) is 0 Å². The van der Waals surface area contributed by atoms with Gasteiger partial charge in [0.05, 0.1) is 17.8 Å². The zero-order chi connectivity index (χ0) is 14.1. The van der Waals surface area contributed by atoms with Crippen LogP contribution < -0.4 is 16.4 Å². The molecule has 1 heterocycles. The molecule has 3 rings (SSSR count). The summed E-state index contributed by atoms with van der Waals surface area (Å²) >= 11 is 0. The molecule has 1 amide bonds. The number of aliphatic hydroxyl groups is 1. The van der Waals surface area contributed by atoms with Crippen molar-refractivity contribution >= 4 is 23.0 Å². The molecule has 1 saturated carbocycles. The van der Waals surface area contributed by atoms with Crippen molar-refractivity contribution in [3.63, 3.8) is 0 Å². The normalized spacial score (nSPS) is 25.1. The molecular weight excluding hydrogens is 254 g/mol. The highest BCUT2D eigenvalue weighted by Gasteiger charge is 2.26. The molecule has 1 fully saturated rings. The largest absolute Gasteiger partial charge is 0.397 e. The predicted molar refractivity (Wildman–Crippen MR) is 79.6 cm³/mol. The van der Waals surface area contributed by atoms with E-state index in [9.17, 15) is 9.90 Å². The number of nitrogens with one attached hydrogen (secondary N) is 2. The van der Waals surface area contributed by atoms with Gasteiger partial charge in [-0.1, -0.05) is 12.8 Å². The topological polar surface area (TPSA) is 87.4 Å². The first-order chi connectivity index (χ1) is 9.67. The molecule has 1 aromatic rings. The van der Waals surface area contributed by atoms with Crippen molar-refractivity contribution in [3.05, 3.63) is 17.7 Å². The van der Waals surface area contributed by atoms with Gasteiger partial charge in [0.15, 0.2) is 0 Å². The van der Waals surface area contributed by atoms with E-state index < -0.39 is 0 Å². The first kappa shape index (κ1) is 13.2. The Balaban J connectivity index is 1.80. The van der Waals surface area contributed by atoms with E-state index in [1.165, 1.54) is 12.8 Å². The van der Waals surface area contributed by atoms with Crippen molar-refractivity contribution < 1.29 is 9.90 Å². The molecule has 108 valence electrons. The number of amides is 1. The molecule has 2 aliphatic rings. The lowest BCUT2D eigenvalue weighted by Gasteiger charge is -2.32. The smallest absolute Gasteiger partial charge is 0.228 e. The average Bonchev–Trinajstić information content (AvgIpc) is 2.79. The van der Waals surface area contributed by atoms with E-state index in [2.05, 4.69) is 10.6 Å². The summed E-state index contributed by atoms with van der Waals surface area (Å²) in [5.41, 5.74) is 9.41. The number of aliphatic hydroxyl groups excluding tert-OH is 1. The fourth-order valence-corrected chi connectivity index (χ4v) is 3.23. The van der Waals surface area contributed by atoms with Gasteiger partial charge in [0, 0.05) is 24.3 Å². The standard InChI is InChI=1S/C15H21N3O2/c16-11-5-10-6-15(20)18-13(10)7-14(11)17-12-4-2-1-3-9(12)8-19/h5,7,9,12,17,19H,1-4,6,8,16H2,(H,18,20). The van der Waals surface area contributed by atoms with Gasteiger partial charge in [-0.05, 0) is 30.5 Å². The van der Waals surface area contributed by atoms with Gasteiger partial charge < -0.3 is 21.5 Å². The summed E-state index contributed by atoms with van der Waals surface area (Å²) < 4.78 is 0. The second kappa shape index (κ2) is 5.32. The second-order valence-corrected chi connectivity index (χ2v) is 5.80. The van der Waals surface area contributed by atoms with Crippen molar-refractivity contribution in [2.75, 3.05) is 23.0 Å². The molecule has 0 saturated heterocycles. The van der Waals surface area contributed by atoms with Crippen LogP contribution in [0.2, 0.25) is 0 Å². The number of nitrogen functional groups attached to an aromatic ring is 1. The maximum absolute atomic E-state index is 11.4. The summed E-state index contributed by atoms with van der Waals surface area (Å²) in [4.78, 5) is 11.4. The number of anilines is 3. The first-order valence-electron chi connectivity index (χ1n) is 7.27. The van der Waals surface area contributed by atoms with Gasteiger partial charge >= 0.3 is 0 Å². The molecule has 0 aromatic heterocycles. The molecule has 2 unspecified atom stereocenters. The van der Waals surface area contributed by atoms with Crippen LogP contribution >= 0.6 is 0 Å². The lowest BCUT2D eigenvalue weighted by Crippen LogP contribution is -2.34. The summed E-state index contributed by atoms with van der Waals surface area (Å²) in [5, 5.41) is 15.8. The van der Waals surface area contributed by atoms with Crippen molar-refractivity contribution in [1.82, 2.24) is 0 Å². The molecule has 20 heavy (non-hydrogen) atoms. The predicted octanol–water partition coefficient (Wildman–Crippen LogP) is 1.73. The minimum Gasteiger partial charge on any atom is -0.397 e. The Kier molecular flexibility index (Phi) is 3.53. The monoisotopic (exact) mass is 275 g/mol. The zero-order valence-electron chi connectivity index (χ0n) is 11.5. The minimum atomic E-state index is 0.0162. The Hall–Kier alpha value is -1.75. The Morgan fingerprint density at radius 2 is 2.15 bits per heavy atom. The van der Waals surface area contributed by atoms with Crippen LogP contribution in [0.25, 0.3) is 0 Å². The summed E-state index contributed by atoms with van der Waals surface area (Å²) in [5.74, 6) is 0.299. The molecule has 0 bridgehead atoms. The second-order valence-electron chi connectivity index (χ2n) is 5.80. The maximum Gasteiger partial charge on any atom is 0.228 e. The van der Waals surface area contributed by atoms with Gasteiger partial charge in [0.25, 0.3) is 0 Å². The van der Waals surface area contributed by atoms with E-state index in [1.807, 2.05) is 12.1 Å². The van der Waals surface area contributed by atoms with Crippen LogP contribution in [-0.4, -0.2) is 23.7 Å². The van der Waals surface area contributed by atoms with Crippen LogP contribution in [0.3, 0.4) is 0 Å². The van der Waals surface area contributed by atoms with E-state index in [4.69, 9.17) is 5.73 Å². The number of carbonyl (C=O) groups excluding carboxylic acids is 1. The van der Waals surface area contributed by atoms with E-state index in [0.29, 0.717) is 12.1 Å². The van der Waals surface area contributed by atoms with Crippen LogP contribution in [0.1, 0.15) is 31.2 Å². The molecule has 1 aromatic carbocycles. The number of rotatable bonds is 3. The fraction of sp³-hybridized carbons (Fsp3) is 0.533. The van der Waals surface area contributed by atoms with Gasteiger partial charge in [-0.25, -0.2) is 0 Å². The average molecular weight is 275 g/mol. The van der Waals surface area contributed by atoms with Crippen LogP contribution in [0.4, 0.5) is 17.1 Å². The summed E-state index contributed by atoms with van der Waals surface area (Å²) in [6.45, 7) is 0.208. The summed E-state index contributed by atoms with van der Waals surface area (Å²) in [6.07, 6.45) is 4.86. The number of hydrogen-bond donors (Lipinski definition) is 4. The van der Waals surface area contributed by atoms with Crippen LogP contribution in [0.5, 0.6) is 0 Å². The highest BCUT2D eigenvalue weighted by atomic mass is 16.3. The van der Waals surface area contributed by atoms with Gasteiger partial charge in [-0.15, -0.1) is 0 Å². The van der Waals surface area contributed by atoms with E-state index in [1.54, 1.807) is 0 Å². The van der Waals surface area contributed by atoms with Gasteiger partial charge in [0.1, 0.15) is 0 Å². The van der Waals surface area contributed by atoms with Crippen molar-refractivity contribution in [2.45, 2.75) is 38.1 Å². The number of benzene rings is 1. The Morgan fingerprint density at radius 3 is 2.95 bits per heavy atom. The Morgan fingerprint density at radius 1 is 1.35 bits per heavy atom.